The normalized spacial score (nSPS) is 25.0. The Balaban J connectivity index is 1.46. The summed E-state index contributed by atoms with van der Waals surface area (Å²) in [5, 5.41) is 7.61. The smallest absolute Gasteiger partial charge is 0.234 e. The maximum Gasteiger partial charge on any atom is 0.234 e. The van der Waals surface area contributed by atoms with Gasteiger partial charge < -0.3 is 9.84 Å². The molecule has 2 atom stereocenters. The molecule has 1 N–H and O–H groups in total. The molecule has 0 bridgehead atoms. The summed E-state index contributed by atoms with van der Waals surface area (Å²) in [6.07, 6.45) is 4.49. The fourth-order valence-electron chi connectivity index (χ4n) is 3.33. The van der Waals surface area contributed by atoms with Gasteiger partial charge in [0.05, 0.1) is 5.92 Å². The summed E-state index contributed by atoms with van der Waals surface area (Å²) in [4.78, 5) is 4.62. The molecule has 104 valence electrons. The lowest BCUT2D eigenvalue weighted by molar-refractivity contribution is 0.339. The number of rotatable bonds is 3. The minimum atomic E-state index is 0.317. The van der Waals surface area contributed by atoms with Crippen molar-refractivity contribution < 1.29 is 4.52 Å². The minimum absolute atomic E-state index is 0.317. The van der Waals surface area contributed by atoms with Gasteiger partial charge in [-0.2, -0.15) is 4.98 Å². The Bertz CT molecular complexity index is 601. The zero-order valence-corrected chi connectivity index (χ0v) is 11.5. The van der Waals surface area contributed by atoms with Crippen LogP contribution in [0, 0.1) is 5.92 Å². The number of fused-ring (bicyclic) bond motifs is 1. The van der Waals surface area contributed by atoms with E-state index in [-0.39, 0.29) is 0 Å². The molecule has 2 aromatic rings. The number of benzene rings is 1. The summed E-state index contributed by atoms with van der Waals surface area (Å²) >= 11 is 0. The van der Waals surface area contributed by atoms with Gasteiger partial charge in [0.15, 0.2) is 5.82 Å². The zero-order chi connectivity index (χ0) is 13.4. The third-order valence-corrected chi connectivity index (χ3v) is 4.51. The molecule has 1 aliphatic carbocycles. The number of nitrogens with zero attached hydrogens (tertiary/aromatic N) is 2. The number of aromatic nitrogens is 2. The third kappa shape index (κ3) is 2.14. The molecule has 0 spiro atoms. The topological polar surface area (TPSA) is 51.0 Å². The summed E-state index contributed by atoms with van der Waals surface area (Å²) in [6, 6.07) is 8.51. The van der Waals surface area contributed by atoms with E-state index in [0.29, 0.717) is 11.8 Å². The van der Waals surface area contributed by atoms with Crippen molar-refractivity contribution in [1.29, 1.82) is 0 Å². The molecular weight excluding hydrogens is 250 g/mol. The van der Waals surface area contributed by atoms with E-state index >= 15 is 0 Å². The van der Waals surface area contributed by atoms with Gasteiger partial charge in [0.1, 0.15) is 0 Å². The second-order valence-corrected chi connectivity index (χ2v) is 5.92. The lowest BCUT2D eigenvalue weighted by Gasteiger charge is -2.26. The van der Waals surface area contributed by atoms with E-state index in [1.807, 2.05) is 0 Å². The minimum Gasteiger partial charge on any atom is -0.339 e. The van der Waals surface area contributed by atoms with Crippen molar-refractivity contribution in [1.82, 2.24) is 15.5 Å². The largest absolute Gasteiger partial charge is 0.339 e. The molecule has 2 aliphatic rings. The highest BCUT2D eigenvalue weighted by Gasteiger charge is 2.31. The van der Waals surface area contributed by atoms with Crippen molar-refractivity contribution in [3.05, 3.63) is 47.1 Å². The predicted molar refractivity (Wildman–Crippen MR) is 75.6 cm³/mol. The summed E-state index contributed by atoms with van der Waals surface area (Å²) in [7, 11) is 0. The average molecular weight is 269 g/mol. The summed E-state index contributed by atoms with van der Waals surface area (Å²) in [5.74, 6) is 2.64. The van der Waals surface area contributed by atoms with Crippen molar-refractivity contribution in [2.24, 2.45) is 5.92 Å². The van der Waals surface area contributed by atoms with Gasteiger partial charge >= 0.3 is 0 Å². The molecule has 0 radical (unpaired) electrons. The van der Waals surface area contributed by atoms with Crippen LogP contribution in [-0.4, -0.2) is 23.2 Å². The van der Waals surface area contributed by atoms with Crippen LogP contribution in [0.5, 0.6) is 0 Å². The highest BCUT2D eigenvalue weighted by atomic mass is 16.5. The maximum absolute atomic E-state index is 5.49. The Morgan fingerprint density at radius 1 is 1.30 bits per heavy atom. The Kier molecular flexibility index (Phi) is 3.03. The van der Waals surface area contributed by atoms with Crippen molar-refractivity contribution in [3.8, 4) is 0 Å². The third-order valence-electron chi connectivity index (χ3n) is 4.51. The van der Waals surface area contributed by atoms with Gasteiger partial charge in [0.2, 0.25) is 5.89 Å². The van der Waals surface area contributed by atoms with E-state index in [9.17, 15) is 0 Å². The van der Waals surface area contributed by atoms with E-state index in [1.54, 1.807) is 0 Å². The van der Waals surface area contributed by atoms with E-state index in [2.05, 4.69) is 39.7 Å². The van der Waals surface area contributed by atoms with Crippen LogP contribution in [-0.2, 0) is 12.8 Å². The van der Waals surface area contributed by atoms with Crippen LogP contribution in [0.15, 0.2) is 28.8 Å². The Hall–Kier alpha value is -1.68. The van der Waals surface area contributed by atoms with Crippen molar-refractivity contribution in [2.75, 3.05) is 13.1 Å². The molecule has 0 saturated carbocycles. The lowest BCUT2D eigenvalue weighted by atomic mass is 9.77. The molecule has 1 saturated heterocycles. The molecule has 0 amide bonds. The second-order valence-electron chi connectivity index (χ2n) is 5.92. The van der Waals surface area contributed by atoms with E-state index < -0.39 is 0 Å². The lowest BCUT2D eigenvalue weighted by Crippen LogP contribution is -2.31. The van der Waals surface area contributed by atoms with Crippen LogP contribution in [0.1, 0.15) is 41.6 Å². The number of piperidine rings is 1. The van der Waals surface area contributed by atoms with Crippen molar-refractivity contribution >= 4 is 0 Å². The number of hydrogen-bond acceptors (Lipinski definition) is 4. The number of hydrogen-bond donors (Lipinski definition) is 1. The Morgan fingerprint density at radius 2 is 2.25 bits per heavy atom. The first kappa shape index (κ1) is 12.1. The quantitative estimate of drug-likeness (QED) is 0.929. The van der Waals surface area contributed by atoms with Gasteiger partial charge in [-0.05, 0) is 49.4 Å². The van der Waals surface area contributed by atoms with Gasteiger partial charge in [-0.1, -0.05) is 29.4 Å². The molecule has 1 fully saturated rings. The zero-order valence-electron chi connectivity index (χ0n) is 11.5. The standard InChI is InChI=1S/C16H19N3O/c1-2-6-13-12(5-1)9-14(13)16-18-15(19-20-16)8-11-4-3-7-17-10-11/h1-2,5-6,11,14,17H,3-4,7-10H2. The van der Waals surface area contributed by atoms with Crippen LogP contribution in [0.25, 0.3) is 0 Å². The van der Waals surface area contributed by atoms with Crippen LogP contribution in [0.3, 0.4) is 0 Å². The number of nitrogens with one attached hydrogen (secondary N) is 1. The summed E-state index contributed by atoms with van der Waals surface area (Å²) in [5.41, 5.74) is 2.76. The van der Waals surface area contributed by atoms with Gasteiger partial charge in [0.25, 0.3) is 0 Å². The first-order valence-corrected chi connectivity index (χ1v) is 7.51. The maximum atomic E-state index is 5.49. The first-order chi connectivity index (χ1) is 9.90. The molecule has 4 nitrogen and oxygen atoms in total. The Labute approximate surface area is 118 Å². The van der Waals surface area contributed by atoms with Gasteiger partial charge in [-0.25, -0.2) is 0 Å². The molecule has 2 unspecified atom stereocenters. The van der Waals surface area contributed by atoms with E-state index in [1.165, 1.54) is 24.0 Å². The van der Waals surface area contributed by atoms with Crippen LogP contribution < -0.4 is 5.32 Å². The van der Waals surface area contributed by atoms with Crippen LogP contribution >= 0.6 is 0 Å². The Morgan fingerprint density at radius 3 is 3.10 bits per heavy atom. The SMILES string of the molecule is c1ccc2c(c1)CC2c1nc(CC2CCCNC2)no1. The van der Waals surface area contributed by atoms with Gasteiger partial charge in [-0.15, -0.1) is 0 Å². The molecule has 1 aromatic heterocycles. The molecule has 2 heterocycles. The predicted octanol–water partition coefficient (Wildman–Crippen LogP) is 2.30. The monoisotopic (exact) mass is 269 g/mol. The van der Waals surface area contributed by atoms with Crippen LogP contribution in [0.2, 0.25) is 0 Å². The fraction of sp³-hybridized carbons (Fsp3) is 0.500. The van der Waals surface area contributed by atoms with Crippen LogP contribution in [0.4, 0.5) is 0 Å². The summed E-state index contributed by atoms with van der Waals surface area (Å²) < 4.78 is 5.49. The fourth-order valence-corrected chi connectivity index (χ4v) is 3.33. The summed E-state index contributed by atoms with van der Waals surface area (Å²) in [6.45, 7) is 2.23. The molecule has 20 heavy (non-hydrogen) atoms. The van der Waals surface area contributed by atoms with Crippen molar-refractivity contribution in [3.63, 3.8) is 0 Å². The van der Waals surface area contributed by atoms with Crippen molar-refractivity contribution in [2.45, 2.75) is 31.6 Å². The van der Waals surface area contributed by atoms with E-state index in [0.717, 1.165) is 37.6 Å². The first-order valence-electron chi connectivity index (χ1n) is 7.51. The molecule has 4 heteroatoms. The highest BCUT2D eigenvalue weighted by Crippen LogP contribution is 2.39. The molecule has 1 aromatic carbocycles. The molecule has 1 aliphatic heterocycles. The van der Waals surface area contributed by atoms with Gasteiger partial charge in [-0.3, -0.25) is 0 Å². The molecular formula is C16H19N3O. The molecule has 4 rings (SSSR count). The highest BCUT2D eigenvalue weighted by molar-refractivity contribution is 5.43. The second kappa shape index (κ2) is 5.02. The van der Waals surface area contributed by atoms with E-state index in [4.69, 9.17) is 4.52 Å². The average Bonchev–Trinajstić information content (AvgIpc) is 2.89. The van der Waals surface area contributed by atoms with Gasteiger partial charge in [0, 0.05) is 6.42 Å².